The van der Waals surface area contributed by atoms with Gasteiger partial charge in [-0.05, 0) is 43.0 Å². The van der Waals surface area contributed by atoms with Crippen LogP contribution < -0.4 is 0 Å². The molecule has 3 nitrogen and oxygen atoms in total. The lowest BCUT2D eigenvalue weighted by Gasteiger charge is -2.35. The van der Waals surface area contributed by atoms with Crippen molar-refractivity contribution in [3.8, 4) is 6.07 Å². The second-order valence-electron chi connectivity index (χ2n) is 5.35. The number of aromatic amines is 1. The smallest absolute Gasteiger partial charge is 0.0822 e. The maximum absolute atomic E-state index is 9.46. The molecule has 1 aliphatic rings. The Morgan fingerprint density at radius 3 is 2.74 bits per heavy atom. The Morgan fingerprint density at radius 1 is 1.16 bits per heavy atom. The summed E-state index contributed by atoms with van der Waals surface area (Å²) in [6.45, 7) is 0. The topological polar surface area (TPSA) is 52.5 Å². The van der Waals surface area contributed by atoms with Crippen molar-refractivity contribution in [1.82, 2.24) is 9.97 Å². The maximum atomic E-state index is 9.46. The molecule has 1 aliphatic carbocycles. The fraction of sp³-hybridized carbons (Fsp3) is 0.250. The summed E-state index contributed by atoms with van der Waals surface area (Å²) >= 11 is 0. The van der Waals surface area contributed by atoms with E-state index in [2.05, 4.69) is 34.2 Å². The maximum Gasteiger partial charge on any atom is 0.0822 e. The molecule has 2 heterocycles. The van der Waals surface area contributed by atoms with Crippen LogP contribution in [-0.2, 0) is 5.41 Å². The number of aromatic nitrogens is 2. The minimum absolute atomic E-state index is 0.250. The van der Waals surface area contributed by atoms with Gasteiger partial charge in [-0.25, -0.2) is 0 Å². The van der Waals surface area contributed by atoms with E-state index in [1.165, 1.54) is 5.39 Å². The SMILES string of the molecule is N#CC1(c2ccc3[nH]c4ccncc4c3c2)CCC1. The highest BCUT2D eigenvalue weighted by molar-refractivity contribution is 6.07. The normalized spacial score (nSPS) is 17.2. The number of hydrogen-bond acceptors (Lipinski definition) is 2. The highest BCUT2D eigenvalue weighted by atomic mass is 14.7. The van der Waals surface area contributed by atoms with Gasteiger partial charge in [0.15, 0.2) is 0 Å². The molecule has 3 heteroatoms. The van der Waals surface area contributed by atoms with Gasteiger partial charge in [-0.3, -0.25) is 4.98 Å². The summed E-state index contributed by atoms with van der Waals surface area (Å²) in [6.07, 6.45) is 6.80. The molecule has 1 fully saturated rings. The summed E-state index contributed by atoms with van der Waals surface area (Å²) in [5.74, 6) is 0. The van der Waals surface area contributed by atoms with Gasteiger partial charge in [0.2, 0.25) is 0 Å². The van der Waals surface area contributed by atoms with Crippen LogP contribution in [0.4, 0.5) is 0 Å². The number of nitriles is 1. The number of nitrogens with one attached hydrogen (secondary N) is 1. The van der Waals surface area contributed by atoms with E-state index in [1.807, 2.05) is 12.3 Å². The number of fused-ring (bicyclic) bond motifs is 3. The van der Waals surface area contributed by atoms with Gasteiger partial charge in [-0.15, -0.1) is 0 Å². The minimum Gasteiger partial charge on any atom is -0.354 e. The lowest BCUT2D eigenvalue weighted by molar-refractivity contribution is 0.324. The molecule has 2 aromatic heterocycles. The first kappa shape index (κ1) is 10.6. The van der Waals surface area contributed by atoms with Crippen molar-refractivity contribution >= 4 is 21.8 Å². The summed E-state index contributed by atoms with van der Waals surface area (Å²) in [5.41, 5.74) is 3.11. The Bertz CT molecular complexity index is 819. The molecule has 0 bridgehead atoms. The zero-order valence-electron chi connectivity index (χ0n) is 10.5. The van der Waals surface area contributed by atoms with Crippen molar-refractivity contribution in [2.45, 2.75) is 24.7 Å². The average molecular weight is 247 g/mol. The largest absolute Gasteiger partial charge is 0.354 e. The molecule has 0 atom stereocenters. The number of hydrogen-bond donors (Lipinski definition) is 1. The molecule has 92 valence electrons. The molecule has 1 N–H and O–H groups in total. The van der Waals surface area contributed by atoms with Crippen molar-refractivity contribution in [2.24, 2.45) is 0 Å². The minimum atomic E-state index is -0.250. The van der Waals surface area contributed by atoms with Crippen LogP contribution >= 0.6 is 0 Å². The third-order valence-corrected chi connectivity index (χ3v) is 4.37. The van der Waals surface area contributed by atoms with Crippen molar-refractivity contribution in [3.63, 3.8) is 0 Å². The van der Waals surface area contributed by atoms with Crippen LogP contribution in [0.2, 0.25) is 0 Å². The highest BCUT2D eigenvalue weighted by Gasteiger charge is 2.39. The fourth-order valence-electron chi connectivity index (χ4n) is 3.03. The van der Waals surface area contributed by atoms with Gasteiger partial charge in [0, 0.05) is 34.2 Å². The number of rotatable bonds is 1. The molecule has 0 aliphatic heterocycles. The van der Waals surface area contributed by atoms with Crippen LogP contribution in [0.5, 0.6) is 0 Å². The van der Waals surface area contributed by atoms with Gasteiger partial charge in [-0.1, -0.05) is 6.07 Å². The molecule has 0 spiro atoms. The van der Waals surface area contributed by atoms with Crippen molar-refractivity contribution in [1.29, 1.82) is 5.26 Å². The van der Waals surface area contributed by atoms with Gasteiger partial charge in [0.25, 0.3) is 0 Å². The standard InChI is InChI=1S/C16H13N3/c17-10-16(5-1-6-16)11-2-3-14-12(8-11)13-9-18-7-4-15(13)19-14/h2-4,7-9,19H,1,5-6H2. The Kier molecular flexibility index (Phi) is 1.99. The molecule has 3 aromatic rings. The number of H-pyrrole nitrogens is 1. The van der Waals surface area contributed by atoms with Crippen molar-refractivity contribution in [3.05, 3.63) is 42.2 Å². The molecular formula is C16H13N3. The number of pyridine rings is 1. The number of nitrogens with zero attached hydrogens (tertiary/aromatic N) is 2. The third kappa shape index (κ3) is 1.34. The lowest BCUT2D eigenvalue weighted by atomic mass is 9.65. The molecule has 1 aromatic carbocycles. The Morgan fingerprint density at radius 2 is 2.00 bits per heavy atom. The first-order valence-corrected chi connectivity index (χ1v) is 6.60. The Labute approximate surface area is 110 Å². The summed E-state index contributed by atoms with van der Waals surface area (Å²) in [4.78, 5) is 7.58. The average Bonchev–Trinajstić information content (AvgIpc) is 2.76. The lowest BCUT2D eigenvalue weighted by Crippen LogP contribution is -2.32. The molecule has 0 unspecified atom stereocenters. The zero-order valence-corrected chi connectivity index (χ0v) is 10.5. The van der Waals surface area contributed by atoms with E-state index in [9.17, 15) is 5.26 Å². The van der Waals surface area contributed by atoms with E-state index in [1.54, 1.807) is 6.20 Å². The molecule has 0 radical (unpaired) electrons. The van der Waals surface area contributed by atoms with E-state index in [-0.39, 0.29) is 5.41 Å². The van der Waals surface area contributed by atoms with Gasteiger partial charge >= 0.3 is 0 Å². The van der Waals surface area contributed by atoms with Crippen LogP contribution in [0.25, 0.3) is 21.8 Å². The van der Waals surface area contributed by atoms with Crippen molar-refractivity contribution in [2.75, 3.05) is 0 Å². The van der Waals surface area contributed by atoms with Gasteiger partial charge in [0.1, 0.15) is 0 Å². The first-order chi connectivity index (χ1) is 9.32. The van der Waals surface area contributed by atoms with Gasteiger partial charge < -0.3 is 4.98 Å². The van der Waals surface area contributed by atoms with Crippen LogP contribution in [0.15, 0.2) is 36.7 Å². The number of benzene rings is 1. The Hall–Kier alpha value is -2.34. The summed E-state index contributed by atoms with van der Waals surface area (Å²) < 4.78 is 0. The summed E-state index contributed by atoms with van der Waals surface area (Å²) in [6, 6.07) is 10.8. The molecule has 1 saturated carbocycles. The fourth-order valence-corrected chi connectivity index (χ4v) is 3.03. The summed E-state index contributed by atoms with van der Waals surface area (Å²) in [7, 11) is 0. The van der Waals surface area contributed by atoms with Crippen LogP contribution in [0, 0.1) is 11.3 Å². The second-order valence-corrected chi connectivity index (χ2v) is 5.35. The molecule has 0 saturated heterocycles. The monoisotopic (exact) mass is 247 g/mol. The van der Waals surface area contributed by atoms with Crippen LogP contribution in [0.3, 0.4) is 0 Å². The van der Waals surface area contributed by atoms with E-state index in [4.69, 9.17) is 0 Å². The third-order valence-electron chi connectivity index (χ3n) is 4.37. The zero-order chi connectivity index (χ0) is 12.9. The molecule has 0 amide bonds. The van der Waals surface area contributed by atoms with E-state index < -0.39 is 0 Å². The quantitative estimate of drug-likeness (QED) is 0.713. The first-order valence-electron chi connectivity index (χ1n) is 6.60. The predicted octanol–water partition coefficient (Wildman–Crippen LogP) is 3.66. The van der Waals surface area contributed by atoms with E-state index >= 15 is 0 Å². The second kappa shape index (κ2) is 3.58. The van der Waals surface area contributed by atoms with E-state index in [0.717, 1.165) is 41.2 Å². The van der Waals surface area contributed by atoms with Crippen LogP contribution in [-0.4, -0.2) is 9.97 Å². The predicted molar refractivity (Wildman–Crippen MR) is 74.7 cm³/mol. The van der Waals surface area contributed by atoms with Gasteiger partial charge in [0.05, 0.1) is 11.5 Å². The van der Waals surface area contributed by atoms with Gasteiger partial charge in [-0.2, -0.15) is 5.26 Å². The molecule has 19 heavy (non-hydrogen) atoms. The highest BCUT2D eigenvalue weighted by Crippen LogP contribution is 2.44. The molecule has 4 rings (SSSR count). The Balaban J connectivity index is 2.00. The van der Waals surface area contributed by atoms with E-state index in [0.29, 0.717) is 0 Å². The van der Waals surface area contributed by atoms with Crippen molar-refractivity contribution < 1.29 is 0 Å². The summed E-state index contributed by atoms with van der Waals surface area (Å²) in [5, 5.41) is 11.8. The molecular weight excluding hydrogens is 234 g/mol. The van der Waals surface area contributed by atoms with Crippen LogP contribution in [0.1, 0.15) is 24.8 Å².